The van der Waals surface area contributed by atoms with Gasteiger partial charge in [-0.1, -0.05) is 97.4 Å². The van der Waals surface area contributed by atoms with Crippen LogP contribution in [0, 0.1) is 5.92 Å². The Morgan fingerprint density at radius 3 is 2.28 bits per heavy atom. The minimum absolute atomic E-state index is 0.0252. The molecule has 7 nitrogen and oxygen atoms in total. The topological polar surface area (TPSA) is 122 Å². The first-order chi connectivity index (χ1) is 24.4. The normalized spacial score (nSPS) is 12.7. The summed E-state index contributed by atoms with van der Waals surface area (Å²) in [6.07, 6.45) is 5.78. The SMILES string of the molecule is NCCCC[C@H](N)C(=O)C[C@@H](Cc1c[nH]c2ccccc12)CN(CC(=O)CCc1cccc2ccccc12)C(=O)c1ccc2ccccc2c1. The second-order valence-electron chi connectivity index (χ2n) is 13.4. The van der Waals surface area contributed by atoms with Crippen LogP contribution in [0.1, 0.15) is 53.6 Å². The van der Waals surface area contributed by atoms with Gasteiger partial charge in [-0.2, -0.15) is 0 Å². The van der Waals surface area contributed by atoms with E-state index in [2.05, 4.69) is 35.3 Å². The van der Waals surface area contributed by atoms with Crippen LogP contribution in [0.2, 0.25) is 0 Å². The van der Waals surface area contributed by atoms with Crippen LogP contribution in [-0.2, 0) is 22.4 Å². The number of amides is 1. The van der Waals surface area contributed by atoms with Gasteiger partial charge in [-0.05, 0) is 89.0 Å². The zero-order chi connectivity index (χ0) is 34.9. The third-order valence-corrected chi connectivity index (χ3v) is 9.74. The number of fused-ring (bicyclic) bond motifs is 3. The Morgan fingerprint density at radius 1 is 0.740 bits per heavy atom. The van der Waals surface area contributed by atoms with Crippen LogP contribution in [0.4, 0.5) is 0 Å². The van der Waals surface area contributed by atoms with Crippen LogP contribution >= 0.6 is 0 Å². The van der Waals surface area contributed by atoms with E-state index in [1.54, 1.807) is 4.90 Å². The lowest BCUT2D eigenvalue weighted by Crippen LogP contribution is -2.41. The number of unbranched alkanes of at least 4 members (excludes halogenated alkanes) is 1. The molecule has 0 fully saturated rings. The molecule has 0 bridgehead atoms. The fourth-order valence-corrected chi connectivity index (χ4v) is 7.03. The van der Waals surface area contributed by atoms with Gasteiger partial charge in [0.15, 0.2) is 5.78 Å². The Bertz CT molecular complexity index is 2100. The van der Waals surface area contributed by atoms with Crippen molar-refractivity contribution in [3.05, 3.63) is 132 Å². The summed E-state index contributed by atoms with van der Waals surface area (Å²) in [6.45, 7) is 0.758. The average molecular weight is 667 g/mol. The van der Waals surface area contributed by atoms with Crippen molar-refractivity contribution in [2.24, 2.45) is 17.4 Å². The molecule has 5 N–H and O–H groups in total. The highest BCUT2D eigenvalue weighted by Gasteiger charge is 2.27. The summed E-state index contributed by atoms with van der Waals surface area (Å²) in [7, 11) is 0. The van der Waals surface area contributed by atoms with E-state index < -0.39 is 6.04 Å². The first-order valence-corrected chi connectivity index (χ1v) is 17.7. The quantitative estimate of drug-likeness (QED) is 0.0877. The van der Waals surface area contributed by atoms with Crippen molar-refractivity contribution >= 4 is 49.9 Å². The highest BCUT2D eigenvalue weighted by atomic mass is 16.2. The molecular formula is C43H46N4O3. The predicted octanol–water partition coefficient (Wildman–Crippen LogP) is 7.39. The number of aryl methyl sites for hydroxylation is 1. The summed E-state index contributed by atoms with van der Waals surface area (Å²) in [5.74, 6) is -0.537. The van der Waals surface area contributed by atoms with Gasteiger partial charge in [0, 0.05) is 42.0 Å². The number of hydrogen-bond donors (Lipinski definition) is 3. The molecule has 50 heavy (non-hydrogen) atoms. The summed E-state index contributed by atoms with van der Waals surface area (Å²) < 4.78 is 0. The van der Waals surface area contributed by atoms with Crippen LogP contribution in [0.3, 0.4) is 0 Å². The van der Waals surface area contributed by atoms with Crippen LogP contribution in [0.5, 0.6) is 0 Å². The maximum atomic E-state index is 14.4. The maximum Gasteiger partial charge on any atom is 0.254 e. The first-order valence-electron chi connectivity index (χ1n) is 17.7. The fraction of sp³-hybridized carbons (Fsp3) is 0.279. The van der Waals surface area contributed by atoms with Crippen LogP contribution in [0.15, 0.2) is 115 Å². The highest BCUT2D eigenvalue weighted by molar-refractivity contribution is 6.00. The number of para-hydroxylation sites is 1. The number of nitrogens with zero attached hydrogens (tertiary/aromatic N) is 1. The molecular weight excluding hydrogens is 620 g/mol. The van der Waals surface area contributed by atoms with Crippen molar-refractivity contribution in [3.8, 4) is 0 Å². The van der Waals surface area contributed by atoms with Crippen LogP contribution in [-0.4, -0.2) is 53.0 Å². The molecule has 0 spiro atoms. The second-order valence-corrected chi connectivity index (χ2v) is 13.4. The molecule has 6 aromatic rings. The molecule has 0 aliphatic rings. The number of benzene rings is 5. The zero-order valence-electron chi connectivity index (χ0n) is 28.5. The number of hydrogen-bond acceptors (Lipinski definition) is 5. The number of H-pyrrole nitrogens is 1. The van der Waals surface area contributed by atoms with Crippen LogP contribution < -0.4 is 11.5 Å². The molecule has 0 aliphatic carbocycles. The van der Waals surface area contributed by atoms with E-state index in [-0.39, 0.29) is 42.9 Å². The molecule has 5 aromatic carbocycles. The largest absolute Gasteiger partial charge is 0.361 e. The molecule has 0 unspecified atom stereocenters. The van der Waals surface area contributed by atoms with E-state index in [9.17, 15) is 14.4 Å². The molecule has 6 rings (SSSR count). The van der Waals surface area contributed by atoms with Crippen molar-refractivity contribution in [2.45, 2.75) is 51.0 Å². The van der Waals surface area contributed by atoms with Gasteiger partial charge in [-0.25, -0.2) is 0 Å². The van der Waals surface area contributed by atoms with E-state index >= 15 is 0 Å². The Balaban J connectivity index is 1.27. The molecule has 0 radical (unpaired) electrons. The molecule has 0 saturated heterocycles. The molecule has 1 aromatic heterocycles. The number of aromatic nitrogens is 1. The van der Waals surface area contributed by atoms with Gasteiger partial charge in [0.2, 0.25) is 0 Å². The predicted molar refractivity (Wildman–Crippen MR) is 203 cm³/mol. The number of aromatic amines is 1. The molecule has 0 aliphatic heterocycles. The van der Waals surface area contributed by atoms with Crippen molar-refractivity contribution in [3.63, 3.8) is 0 Å². The number of ketones is 2. The van der Waals surface area contributed by atoms with Gasteiger partial charge in [-0.15, -0.1) is 0 Å². The third-order valence-electron chi connectivity index (χ3n) is 9.74. The average Bonchev–Trinajstić information content (AvgIpc) is 3.55. The van der Waals surface area contributed by atoms with Gasteiger partial charge < -0.3 is 21.4 Å². The van der Waals surface area contributed by atoms with Crippen molar-refractivity contribution in [2.75, 3.05) is 19.6 Å². The zero-order valence-corrected chi connectivity index (χ0v) is 28.5. The van der Waals surface area contributed by atoms with Gasteiger partial charge in [0.1, 0.15) is 5.78 Å². The fourth-order valence-electron chi connectivity index (χ4n) is 7.03. The Labute approximate surface area is 293 Å². The number of nitrogens with two attached hydrogens (primary N) is 2. The second kappa shape index (κ2) is 16.5. The third kappa shape index (κ3) is 8.54. The lowest BCUT2D eigenvalue weighted by atomic mass is 9.90. The number of Topliss-reactive ketones (excluding diaryl/α,β-unsaturated/α-hetero) is 2. The van der Waals surface area contributed by atoms with Gasteiger partial charge >= 0.3 is 0 Å². The molecule has 7 heteroatoms. The Kier molecular flexibility index (Phi) is 11.5. The Hall–Kier alpha value is -5.11. The summed E-state index contributed by atoms with van der Waals surface area (Å²) in [6, 6.07) is 35.4. The van der Waals surface area contributed by atoms with Crippen molar-refractivity contribution in [1.29, 1.82) is 0 Å². The molecule has 1 heterocycles. The first kappa shape index (κ1) is 34.7. The van der Waals surface area contributed by atoms with E-state index in [1.807, 2.05) is 85.1 Å². The van der Waals surface area contributed by atoms with E-state index in [4.69, 9.17) is 11.5 Å². The van der Waals surface area contributed by atoms with Gasteiger partial charge in [0.05, 0.1) is 12.6 Å². The minimum Gasteiger partial charge on any atom is -0.361 e. The van der Waals surface area contributed by atoms with Gasteiger partial charge in [-0.3, -0.25) is 14.4 Å². The number of nitrogens with one attached hydrogen (secondary N) is 1. The van der Waals surface area contributed by atoms with E-state index in [0.29, 0.717) is 37.8 Å². The Morgan fingerprint density at radius 2 is 1.46 bits per heavy atom. The van der Waals surface area contributed by atoms with E-state index in [0.717, 1.165) is 56.4 Å². The summed E-state index contributed by atoms with van der Waals surface area (Å²) in [4.78, 5) is 46.7. The molecule has 2 atom stereocenters. The lowest BCUT2D eigenvalue weighted by molar-refractivity contribution is -0.121. The van der Waals surface area contributed by atoms with Crippen LogP contribution in [0.25, 0.3) is 32.4 Å². The minimum atomic E-state index is -0.598. The standard InChI is InChI=1S/C43H46N4O3/c44-23-8-7-17-40(45)42(49)25-30(24-36-27-46-41-18-6-5-16-39(36)41)28-47(43(50)35-20-19-31-10-1-2-12-34(31)26-35)29-37(48)22-21-33-14-9-13-32-11-3-4-15-38(32)33/h1-6,9-16,18-20,26-27,30,40,46H,7-8,17,21-25,28-29,44-45H2/t30-,40+/m1/s1. The number of carbonyl (C=O) groups is 3. The van der Waals surface area contributed by atoms with Crippen molar-refractivity contribution < 1.29 is 14.4 Å². The summed E-state index contributed by atoms with van der Waals surface area (Å²) in [5.41, 5.74) is 15.8. The summed E-state index contributed by atoms with van der Waals surface area (Å²) >= 11 is 0. The summed E-state index contributed by atoms with van der Waals surface area (Å²) in [5, 5.41) is 5.34. The number of carbonyl (C=O) groups excluding carboxylic acids is 3. The van der Waals surface area contributed by atoms with Crippen molar-refractivity contribution in [1.82, 2.24) is 9.88 Å². The molecule has 0 saturated carbocycles. The van der Waals surface area contributed by atoms with E-state index in [1.165, 1.54) is 0 Å². The smallest absolute Gasteiger partial charge is 0.254 e. The number of rotatable bonds is 17. The monoisotopic (exact) mass is 666 g/mol. The lowest BCUT2D eigenvalue weighted by Gasteiger charge is -2.28. The maximum absolute atomic E-state index is 14.4. The highest BCUT2D eigenvalue weighted by Crippen LogP contribution is 2.26. The molecule has 256 valence electrons. The molecule has 1 amide bonds. The van der Waals surface area contributed by atoms with Gasteiger partial charge in [0.25, 0.3) is 5.91 Å².